The second-order valence-electron chi connectivity index (χ2n) is 13.1. The quantitative estimate of drug-likeness (QED) is 0.113. The zero-order chi connectivity index (χ0) is 36.9. The van der Waals surface area contributed by atoms with Crippen molar-refractivity contribution in [2.45, 2.75) is 64.1 Å². The molecule has 3 fully saturated rings. The molecule has 2 amide bonds. The Bertz CT molecular complexity index is 1430. The van der Waals surface area contributed by atoms with Crippen LogP contribution in [0.1, 0.15) is 38.7 Å². The summed E-state index contributed by atoms with van der Waals surface area (Å²) in [6.45, 7) is 6.56. The normalized spacial score (nSPS) is 21.7. The van der Waals surface area contributed by atoms with Gasteiger partial charge in [-0.2, -0.15) is 0 Å². The molecular weight excluding hydrogens is 697 g/mol. The SMILES string of the molecule is CCOP(=O)(COc1ccc(C[C@H](NC(=O)OC2CO[C@H]3OCC[C@@H]23)[C@H](O)CN(CC2CCN(C=O)CC2)Oc2ccc(OC)cc2)cc1)OCC. The van der Waals surface area contributed by atoms with Crippen LogP contribution in [0.25, 0.3) is 0 Å². The summed E-state index contributed by atoms with van der Waals surface area (Å²) in [5, 5.41) is 16.4. The molecule has 0 bridgehead atoms. The van der Waals surface area contributed by atoms with Crippen LogP contribution in [0.2, 0.25) is 0 Å². The Hall–Kier alpha value is -3.43. The summed E-state index contributed by atoms with van der Waals surface area (Å²) in [5.41, 5.74) is 0.798. The first-order valence-corrected chi connectivity index (χ1v) is 19.7. The molecule has 15 nitrogen and oxygen atoms in total. The van der Waals surface area contributed by atoms with Crippen molar-refractivity contribution in [3.63, 3.8) is 0 Å². The van der Waals surface area contributed by atoms with Gasteiger partial charge in [0.1, 0.15) is 23.4 Å². The molecule has 3 aliphatic heterocycles. The Morgan fingerprint density at radius 3 is 2.35 bits per heavy atom. The molecule has 3 saturated heterocycles. The Kier molecular flexibility index (Phi) is 15.0. The number of fused-ring (bicyclic) bond motifs is 1. The number of nitrogens with zero attached hydrogens (tertiary/aromatic N) is 2. The molecule has 5 atom stereocenters. The number of carbonyl (C=O) groups is 2. The first kappa shape index (κ1) is 39.8. The fourth-order valence-electron chi connectivity index (χ4n) is 6.59. The number of aliphatic hydroxyl groups excluding tert-OH is 1. The van der Waals surface area contributed by atoms with Gasteiger partial charge in [0.05, 0.1) is 58.1 Å². The molecule has 5 rings (SSSR count). The molecule has 1 unspecified atom stereocenters. The number of carbonyl (C=O) groups excluding carboxylic acids is 2. The van der Waals surface area contributed by atoms with E-state index in [4.69, 9.17) is 37.6 Å². The third-order valence-corrected chi connectivity index (χ3v) is 11.1. The van der Waals surface area contributed by atoms with Gasteiger partial charge in [0.15, 0.2) is 12.6 Å². The number of amides is 2. The van der Waals surface area contributed by atoms with Crippen LogP contribution in [0, 0.1) is 11.8 Å². The van der Waals surface area contributed by atoms with Crippen molar-refractivity contribution < 1.29 is 56.8 Å². The van der Waals surface area contributed by atoms with Crippen molar-refractivity contribution in [3.8, 4) is 17.2 Å². The number of aliphatic hydroxyl groups is 1. The highest BCUT2D eigenvalue weighted by molar-refractivity contribution is 7.53. The highest BCUT2D eigenvalue weighted by Crippen LogP contribution is 2.47. The van der Waals surface area contributed by atoms with E-state index >= 15 is 0 Å². The van der Waals surface area contributed by atoms with Crippen molar-refractivity contribution in [3.05, 3.63) is 54.1 Å². The van der Waals surface area contributed by atoms with Crippen LogP contribution in [0.5, 0.6) is 17.2 Å². The number of rotatable bonds is 20. The molecule has 0 aliphatic carbocycles. The fraction of sp³-hybridized carbons (Fsp3) is 0.611. The minimum Gasteiger partial charge on any atom is -0.497 e. The van der Waals surface area contributed by atoms with Crippen molar-refractivity contribution in [1.29, 1.82) is 0 Å². The number of hydroxylamine groups is 2. The number of hydrogen-bond acceptors (Lipinski definition) is 13. The number of methoxy groups -OCH3 is 1. The van der Waals surface area contributed by atoms with Gasteiger partial charge in [-0.15, -0.1) is 5.06 Å². The molecular formula is C36H52N3O12P. The Morgan fingerprint density at radius 2 is 1.69 bits per heavy atom. The van der Waals surface area contributed by atoms with E-state index in [1.54, 1.807) is 67.3 Å². The molecule has 16 heteroatoms. The summed E-state index contributed by atoms with van der Waals surface area (Å²) in [5.74, 6) is 1.88. The van der Waals surface area contributed by atoms with E-state index in [0.717, 1.165) is 31.2 Å². The van der Waals surface area contributed by atoms with E-state index in [9.17, 15) is 19.3 Å². The molecule has 0 aromatic heterocycles. The van der Waals surface area contributed by atoms with Gasteiger partial charge in [-0.1, -0.05) is 12.1 Å². The third kappa shape index (κ3) is 11.5. The Morgan fingerprint density at radius 1 is 1.02 bits per heavy atom. The van der Waals surface area contributed by atoms with Crippen LogP contribution < -0.4 is 19.6 Å². The topological polar surface area (TPSA) is 164 Å². The van der Waals surface area contributed by atoms with E-state index < -0.39 is 31.9 Å². The lowest BCUT2D eigenvalue weighted by atomic mass is 9.96. The van der Waals surface area contributed by atoms with Crippen LogP contribution in [0.3, 0.4) is 0 Å². The van der Waals surface area contributed by atoms with Crippen molar-refractivity contribution in [2.75, 3.05) is 66.1 Å². The second kappa shape index (κ2) is 19.6. The summed E-state index contributed by atoms with van der Waals surface area (Å²) in [6.07, 6.45) is 0.597. The van der Waals surface area contributed by atoms with Crippen molar-refractivity contribution in [1.82, 2.24) is 15.3 Å². The predicted molar refractivity (Wildman–Crippen MR) is 189 cm³/mol. The molecule has 288 valence electrons. The van der Waals surface area contributed by atoms with Gasteiger partial charge in [0, 0.05) is 19.6 Å². The van der Waals surface area contributed by atoms with E-state index in [2.05, 4.69) is 5.32 Å². The molecule has 0 saturated carbocycles. The lowest BCUT2D eigenvalue weighted by molar-refractivity contribution is -0.121. The molecule has 3 heterocycles. The van der Waals surface area contributed by atoms with Gasteiger partial charge >= 0.3 is 13.7 Å². The van der Waals surface area contributed by atoms with Gasteiger partial charge in [-0.05, 0) is 87.4 Å². The largest absolute Gasteiger partial charge is 0.497 e. The number of benzene rings is 2. The lowest BCUT2D eigenvalue weighted by Crippen LogP contribution is -2.52. The Balaban J connectivity index is 1.29. The number of piperidine rings is 1. The molecule has 0 spiro atoms. The minimum absolute atomic E-state index is 0.0403. The first-order chi connectivity index (χ1) is 25.2. The summed E-state index contributed by atoms with van der Waals surface area (Å²) in [6, 6.07) is 13.4. The third-order valence-electron chi connectivity index (χ3n) is 9.38. The summed E-state index contributed by atoms with van der Waals surface area (Å²) in [7, 11) is -1.81. The van der Waals surface area contributed by atoms with Crippen molar-refractivity contribution >= 4 is 20.1 Å². The highest BCUT2D eigenvalue weighted by atomic mass is 31.2. The highest BCUT2D eigenvalue weighted by Gasteiger charge is 2.44. The average molecular weight is 750 g/mol. The number of nitrogens with one attached hydrogen (secondary N) is 1. The fourth-order valence-corrected chi connectivity index (χ4v) is 7.91. The average Bonchev–Trinajstić information content (AvgIpc) is 3.77. The van der Waals surface area contributed by atoms with Crippen LogP contribution in [0.15, 0.2) is 48.5 Å². The Labute approximate surface area is 305 Å². The van der Waals surface area contributed by atoms with Gasteiger partial charge in [0.25, 0.3) is 0 Å². The zero-order valence-electron chi connectivity index (χ0n) is 30.1. The standard InChI is InChI=1S/C36H52N3O12P/c1-4-48-52(43,49-5-2)25-47-29-8-6-26(7-9-29)20-32(37-36(42)50-34-23-46-35-31(34)16-19-45-35)33(41)22-39(21-27-14-17-38(24-40)18-15-27)51-30-12-10-28(44-3)11-13-30/h6-13,24,27,31-35,41H,4-5,14-23,25H2,1-3H3,(H,37,42)/t31-,32-,33+,34?,35+/m0/s1. The molecule has 2 N–H and O–H groups in total. The number of ether oxygens (including phenoxy) is 5. The zero-order valence-corrected chi connectivity index (χ0v) is 31.0. The summed E-state index contributed by atoms with van der Waals surface area (Å²) in [4.78, 5) is 32.7. The van der Waals surface area contributed by atoms with Crippen molar-refractivity contribution in [2.24, 2.45) is 11.8 Å². The summed E-state index contributed by atoms with van der Waals surface area (Å²) >= 11 is 0. The second-order valence-corrected chi connectivity index (χ2v) is 15.0. The predicted octanol–water partition coefficient (Wildman–Crippen LogP) is 4.22. The molecule has 3 aliphatic rings. The van der Waals surface area contributed by atoms with Crippen LogP contribution >= 0.6 is 7.60 Å². The summed E-state index contributed by atoms with van der Waals surface area (Å²) < 4.78 is 51.5. The molecule has 0 radical (unpaired) electrons. The van der Waals surface area contributed by atoms with Gasteiger partial charge in [-0.3, -0.25) is 9.36 Å². The van der Waals surface area contributed by atoms with E-state index in [1.165, 1.54) is 0 Å². The van der Waals surface area contributed by atoms with Gasteiger partial charge < -0.3 is 52.9 Å². The smallest absolute Gasteiger partial charge is 0.407 e. The lowest BCUT2D eigenvalue weighted by Gasteiger charge is -2.34. The van der Waals surface area contributed by atoms with E-state index in [0.29, 0.717) is 43.5 Å². The van der Waals surface area contributed by atoms with Crippen LogP contribution in [0.4, 0.5) is 4.79 Å². The van der Waals surface area contributed by atoms with E-state index in [1.807, 2.05) is 12.1 Å². The molecule has 52 heavy (non-hydrogen) atoms. The van der Waals surface area contributed by atoms with Crippen LogP contribution in [-0.4, -0.2) is 118 Å². The number of alkyl carbamates (subject to hydrolysis) is 1. The number of hydrogen-bond donors (Lipinski definition) is 2. The first-order valence-electron chi connectivity index (χ1n) is 17.9. The monoisotopic (exact) mass is 749 g/mol. The maximum absolute atomic E-state index is 13.3. The molecule has 2 aromatic carbocycles. The maximum Gasteiger partial charge on any atom is 0.407 e. The number of likely N-dealkylation sites (tertiary alicyclic amines) is 1. The maximum atomic E-state index is 13.3. The van der Waals surface area contributed by atoms with Gasteiger partial charge in [0.2, 0.25) is 6.41 Å². The molecule has 2 aromatic rings. The minimum atomic E-state index is -3.40. The van der Waals surface area contributed by atoms with E-state index in [-0.39, 0.29) is 57.3 Å². The van der Waals surface area contributed by atoms with Crippen LogP contribution in [-0.2, 0) is 39.0 Å². The van der Waals surface area contributed by atoms with Gasteiger partial charge in [-0.25, -0.2) is 4.79 Å².